The minimum Gasteiger partial charge on any atom is -0.283 e. The predicted molar refractivity (Wildman–Crippen MR) is 82.3 cm³/mol. The molecule has 0 saturated carbocycles. The third kappa shape index (κ3) is 3.14. The summed E-state index contributed by atoms with van der Waals surface area (Å²) in [7, 11) is 0. The van der Waals surface area contributed by atoms with E-state index < -0.39 is 0 Å². The van der Waals surface area contributed by atoms with Crippen LogP contribution >= 0.6 is 0 Å². The lowest BCUT2D eigenvalue weighted by atomic mass is 10.1. The summed E-state index contributed by atoms with van der Waals surface area (Å²) >= 11 is 0. The molecule has 0 aromatic carbocycles. The Bertz CT molecular complexity index is 385. The second kappa shape index (κ2) is 5.60. The van der Waals surface area contributed by atoms with Crippen molar-refractivity contribution in [2.24, 2.45) is 0 Å². The molecule has 4 rings (SSSR count). The Kier molecular flexibility index (Phi) is 4.00. The molecule has 20 heavy (non-hydrogen) atoms. The quantitative estimate of drug-likeness (QED) is 0.563. The van der Waals surface area contributed by atoms with Crippen LogP contribution in [0.1, 0.15) is 33.6 Å². The maximum Gasteiger partial charge on any atom is 0.139 e. The second-order valence-corrected chi connectivity index (χ2v) is 7.26. The molecular formula is C16H29N4+. The first-order valence-corrected chi connectivity index (χ1v) is 7.86. The minimum absolute atomic E-state index is 1.18. The molecule has 0 aromatic rings. The molecule has 4 nitrogen and oxygen atoms in total. The van der Waals surface area contributed by atoms with Gasteiger partial charge in [-0.1, -0.05) is 17.2 Å². The van der Waals surface area contributed by atoms with Gasteiger partial charge in [-0.2, -0.15) is 0 Å². The van der Waals surface area contributed by atoms with Crippen molar-refractivity contribution >= 4 is 0 Å². The molecule has 0 atom stereocenters. The average Bonchev–Trinajstić information content (AvgIpc) is 2.34. The van der Waals surface area contributed by atoms with Crippen molar-refractivity contribution < 1.29 is 4.48 Å². The summed E-state index contributed by atoms with van der Waals surface area (Å²) in [4.78, 5) is 7.76. The number of nitrogens with zero attached hydrogens (tertiary/aromatic N) is 4. The van der Waals surface area contributed by atoms with Crippen LogP contribution in [0.3, 0.4) is 0 Å². The summed E-state index contributed by atoms with van der Waals surface area (Å²) in [5.41, 5.74) is 2.99. The van der Waals surface area contributed by atoms with Gasteiger partial charge in [0.05, 0.1) is 20.0 Å². The van der Waals surface area contributed by atoms with E-state index in [1.807, 2.05) is 0 Å². The molecule has 4 aliphatic heterocycles. The van der Waals surface area contributed by atoms with E-state index in [9.17, 15) is 0 Å². The molecule has 4 fully saturated rings. The van der Waals surface area contributed by atoms with Gasteiger partial charge in [-0.05, 0) is 39.7 Å². The molecule has 0 amide bonds. The number of hydrogen-bond acceptors (Lipinski definition) is 3. The SMILES string of the molecule is CC(C)=CCC/C(C)=C/C[N+]12CN3CN(CN(C3)C1)C2. The zero-order chi connectivity index (χ0) is 14.2. The highest BCUT2D eigenvalue weighted by atomic mass is 15.7. The van der Waals surface area contributed by atoms with Crippen LogP contribution in [-0.4, -0.2) is 65.7 Å². The fraction of sp³-hybridized carbons (Fsp3) is 0.750. The van der Waals surface area contributed by atoms with Crippen LogP contribution in [-0.2, 0) is 0 Å². The van der Waals surface area contributed by atoms with Crippen LogP contribution in [0.5, 0.6) is 0 Å². The predicted octanol–water partition coefficient (Wildman–Crippen LogP) is 2.19. The Morgan fingerprint density at radius 3 is 1.95 bits per heavy atom. The molecule has 0 unspecified atom stereocenters. The van der Waals surface area contributed by atoms with E-state index in [1.54, 1.807) is 5.57 Å². The summed E-state index contributed by atoms with van der Waals surface area (Å²) in [5.74, 6) is 0. The van der Waals surface area contributed by atoms with E-state index in [-0.39, 0.29) is 0 Å². The second-order valence-electron chi connectivity index (χ2n) is 7.26. The Morgan fingerprint density at radius 2 is 1.45 bits per heavy atom. The fourth-order valence-corrected chi connectivity index (χ4v) is 3.87. The molecular weight excluding hydrogens is 248 g/mol. The number of quaternary nitrogens is 1. The summed E-state index contributed by atoms with van der Waals surface area (Å²) in [6.07, 6.45) is 7.24. The van der Waals surface area contributed by atoms with Crippen molar-refractivity contribution in [3.8, 4) is 0 Å². The van der Waals surface area contributed by atoms with E-state index in [1.165, 1.54) is 69.5 Å². The Balaban J connectivity index is 1.56. The van der Waals surface area contributed by atoms with Gasteiger partial charge < -0.3 is 0 Å². The fourth-order valence-electron chi connectivity index (χ4n) is 3.87. The van der Waals surface area contributed by atoms with E-state index in [2.05, 4.69) is 47.6 Å². The lowest BCUT2D eigenvalue weighted by molar-refractivity contribution is -0.975. The first-order chi connectivity index (χ1) is 9.55. The molecule has 0 aliphatic carbocycles. The van der Waals surface area contributed by atoms with Crippen LogP contribution in [0.15, 0.2) is 23.3 Å². The van der Waals surface area contributed by atoms with Crippen molar-refractivity contribution in [3.05, 3.63) is 23.3 Å². The highest BCUT2D eigenvalue weighted by molar-refractivity contribution is 5.02. The van der Waals surface area contributed by atoms with Crippen LogP contribution in [0.25, 0.3) is 0 Å². The summed E-state index contributed by atoms with van der Waals surface area (Å²) in [6.45, 7) is 15.1. The molecule has 0 aromatic heterocycles. The summed E-state index contributed by atoms with van der Waals surface area (Å²) in [5, 5.41) is 0. The van der Waals surface area contributed by atoms with Gasteiger partial charge in [-0.15, -0.1) is 0 Å². The van der Waals surface area contributed by atoms with Gasteiger partial charge in [0.2, 0.25) is 0 Å². The van der Waals surface area contributed by atoms with Gasteiger partial charge in [0.1, 0.15) is 26.6 Å². The van der Waals surface area contributed by atoms with Gasteiger partial charge in [0.25, 0.3) is 0 Å². The smallest absolute Gasteiger partial charge is 0.139 e. The normalized spacial score (nSPS) is 39.1. The maximum absolute atomic E-state index is 2.59. The number of rotatable bonds is 5. The Labute approximate surface area is 123 Å². The molecule has 0 spiro atoms. The monoisotopic (exact) mass is 277 g/mol. The van der Waals surface area contributed by atoms with Crippen molar-refractivity contribution in [2.45, 2.75) is 33.6 Å². The van der Waals surface area contributed by atoms with Crippen LogP contribution in [0, 0.1) is 0 Å². The topological polar surface area (TPSA) is 9.72 Å². The van der Waals surface area contributed by atoms with E-state index in [0.717, 1.165) is 0 Å². The molecule has 0 radical (unpaired) electrons. The van der Waals surface area contributed by atoms with Crippen molar-refractivity contribution in [1.82, 2.24) is 14.7 Å². The molecule has 112 valence electrons. The van der Waals surface area contributed by atoms with Crippen molar-refractivity contribution in [2.75, 3.05) is 46.6 Å². The van der Waals surface area contributed by atoms with Gasteiger partial charge in [-0.25, -0.2) is 14.7 Å². The molecule has 4 heterocycles. The van der Waals surface area contributed by atoms with Gasteiger partial charge >= 0.3 is 0 Å². The first kappa shape index (κ1) is 14.3. The first-order valence-electron chi connectivity index (χ1n) is 7.86. The zero-order valence-electron chi connectivity index (χ0n) is 13.3. The third-order valence-corrected chi connectivity index (χ3v) is 4.62. The highest BCUT2D eigenvalue weighted by Crippen LogP contribution is 2.28. The van der Waals surface area contributed by atoms with Crippen molar-refractivity contribution in [1.29, 1.82) is 0 Å². The average molecular weight is 277 g/mol. The largest absolute Gasteiger partial charge is 0.283 e. The van der Waals surface area contributed by atoms with Crippen LogP contribution in [0.4, 0.5) is 0 Å². The third-order valence-electron chi connectivity index (χ3n) is 4.62. The van der Waals surface area contributed by atoms with E-state index in [4.69, 9.17) is 0 Å². The molecule has 4 aliphatic rings. The Morgan fingerprint density at radius 1 is 0.900 bits per heavy atom. The lowest BCUT2D eigenvalue weighted by Gasteiger charge is -2.60. The number of hydrogen-bond donors (Lipinski definition) is 0. The maximum atomic E-state index is 2.59. The molecule has 0 N–H and O–H groups in total. The molecule has 4 bridgehead atoms. The van der Waals surface area contributed by atoms with Gasteiger partial charge in [0, 0.05) is 0 Å². The zero-order valence-corrected chi connectivity index (χ0v) is 13.3. The van der Waals surface area contributed by atoms with E-state index >= 15 is 0 Å². The standard InChI is InChI=1S/C16H29N4/c1-15(2)5-4-6-16(3)7-8-20-12-17-9-18(13-20)11-19(10-17)14-20/h5,7H,4,6,8-14H2,1-3H3/q+1/b16-7+. The van der Waals surface area contributed by atoms with Crippen LogP contribution < -0.4 is 0 Å². The van der Waals surface area contributed by atoms with Crippen molar-refractivity contribution in [3.63, 3.8) is 0 Å². The number of allylic oxidation sites excluding steroid dienone is 3. The highest BCUT2D eigenvalue weighted by Gasteiger charge is 2.47. The summed E-state index contributed by atoms with van der Waals surface area (Å²) in [6, 6.07) is 0. The van der Waals surface area contributed by atoms with Gasteiger partial charge in [-0.3, -0.25) is 4.48 Å². The summed E-state index contributed by atoms with van der Waals surface area (Å²) < 4.78 is 1.22. The molecule has 4 heteroatoms. The van der Waals surface area contributed by atoms with Gasteiger partial charge in [0.15, 0.2) is 0 Å². The Hall–Kier alpha value is -0.680. The lowest BCUT2D eigenvalue weighted by Crippen LogP contribution is -2.79. The van der Waals surface area contributed by atoms with Crippen LogP contribution in [0.2, 0.25) is 0 Å². The minimum atomic E-state index is 1.18. The van der Waals surface area contributed by atoms with E-state index in [0.29, 0.717) is 0 Å². The molecule has 4 saturated heterocycles.